The predicted octanol–water partition coefficient (Wildman–Crippen LogP) is 1.96. The number of rotatable bonds is 2. The van der Waals surface area contributed by atoms with Gasteiger partial charge >= 0.3 is 11.4 Å². The van der Waals surface area contributed by atoms with Crippen molar-refractivity contribution in [3.05, 3.63) is 28.7 Å². The number of hydrogen-bond donors (Lipinski definition) is 1. The van der Waals surface area contributed by atoms with E-state index in [2.05, 4.69) is 20.1 Å². The molecule has 1 unspecified atom stereocenters. The van der Waals surface area contributed by atoms with Crippen LogP contribution in [0, 0.1) is 0 Å². The first-order chi connectivity index (χ1) is 5.18. The second-order valence-corrected chi connectivity index (χ2v) is 3.27. The molecule has 3 nitrogen and oxygen atoms in total. The molecule has 0 aliphatic rings. The Bertz CT molecular complexity index is 276. The highest BCUT2D eigenvalue weighted by atomic mass is 79.9. The molecule has 1 rings (SSSR count). The lowest BCUT2D eigenvalue weighted by atomic mass is 10.3. The maximum absolute atomic E-state index is 10.2. The average Bonchev–Trinajstić information content (AvgIpc) is 1.85. The van der Waals surface area contributed by atoms with Gasteiger partial charge in [0, 0.05) is 4.47 Å². The van der Waals surface area contributed by atoms with E-state index in [9.17, 15) is 4.21 Å². The van der Waals surface area contributed by atoms with Gasteiger partial charge in [0.1, 0.15) is 5.75 Å². The minimum atomic E-state index is -2.25. The van der Waals surface area contributed by atoms with Crippen molar-refractivity contribution in [1.82, 2.24) is 0 Å². The van der Waals surface area contributed by atoms with Gasteiger partial charge in [-0.05, 0) is 18.2 Å². The van der Waals surface area contributed by atoms with Crippen LogP contribution in [0.2, 0.25) is 0 Å². The molecule has 0 amide bonds. The first-order valence-electron chi connectivity index (χ1n) is 2.73. The third-order valence-electron chi connectivity index (χ3n) is 0.964. The van der Waals surface area contributed by atoms with E-state index in [4.69, 9.17) is 4.55 Å². The van der Waals surface area contributed by atoms with Crippen molar-refractivity contribution in [2.75, 3.05) is 0 Å². The Balaban J connectivity index is 2.79. The van der Waals surface area contributed by atoms with Gasteiger partial charge in [-0.15, -0.1) is 0 Å². The predicted molar refractivity (Wildman–Crippen MR) is 45.5 cm³/mol. The largest absolute Gasteiger partial charge is 0.380 e. The van der Waals surface area contributed by atoms with Crippen LogP contribution in [-0.4, -0.2) is 8.76 Å². The van der Waals surface area contributed by atoms with Crippen LogP contribution in [0.1, 0.15) is 0 Å². The number of hydrogen-bond acceptors (Lipinski definition) is 2. The normalized spacial score (nSPS) is 12.5. The van der Waals surface area contributed by atoms with Crippen LogP contribution in [0.4, 0.5) is 0 Å². The summed E-state index contributed by atoms with van der Waals surface area (Å²) in [6.45, 7) is 0. The summed E-state index contributed by atoms with van der Waals surface area (Å²) in [5, 5.41) is 0. The van der Waals surface area contributed by atoms with Gasteiger partial charge in [0.25, 0.3) is 0 Å². The third-order valence-corrected chi connectivity index (χ3v) is 1.79. The van der Waals surface area contributed by atoms with E-state index in [1.54, 1.807) is 24.3 Å². The van der Waals surface area contributed by atoms with E-state index in [0.717, 1.165) is 4.47 Å². The number of benzene rings is 1. The summed E-state index contributed by atoms with van der Waals surface area (Å²) in [7, 11) is 0. The molecule has 0 saturated carbocycles. The van der Waals surface area contributed by atoms with Gasteiger partial charge in [-0.2, -0.15) is 4.21 Å². The minimum absolute atomic E-state index is 0.361. The molecule has 0 saturated heterocycles. The van der Waals surface area contributed by atoms with Crippen LogP contribution in [0.25, 0.3) is 0 Å². The summed E-state index contributed by atoms with van der Waals surface area (Å²) < 4.78 is 23.8. The molecule has 0 spiro atoms. The summed E-state index contributed by atoms with van der Waals surface area (Å²) in [5.74, 6) is 0.361. The molecule has 0 bridgehead atoms. The molecule has 0 aliphatic heterocycles. The van der Waals surface area contributed by atoms with Crippen molar-refractivity contribution < 1.29 is 12.9 Å². The molecular formula is C6H5BrO3S. The van der Waals surface area contributed by atoms with Gasteiger partial charge in [-0.1, -0.05) is 22.0 Å². The Kier molecular flexibility index (Phi) is 3.04. The monoisotopic (exact) mass is 236 g/mol. The van der Waals surface area contributed by atoms with Gasteiger partial charge in [-0.25, -0.2) is 0 Å². The number of halogens is 1. The molecule has 0 heterocycles. The second-order valence-electron chi connectivity index (χ2n) is 1.76. The fraction of sp³-hybridized carbons (Fsp3) is 0. The van der Waals surface area contributed by atoms with E-state index in [0.29, 0.717) is 5.75 Å². The van der Waals surface area contributed by atoms with E-state index >= 15 is 0 Å². The molecule has 11 heavy (non-hydrogen) atoms. The van der Waals surface area contributed by atoms with E-state index in [1.807, 2.05) is 0 Å². The second kappa shape index (κ2) is 3.85. The standard InChI is InChI=1S/C6H5BrO3S/c7-5-2-1-3-6(4-5)10-11(8)9/h1-4H,(H,8,9). The SMILES string of the molecule is O=S(O)Oc1cccc(Br)c1. The van der Waals surface area contributed by atoms with Gasteiger partial charge < -0.3 is 4.18 Å². The summed E-state index contributed by atoms with van der Waals surface area (Å²) in [5.41, 5.74) is 0. The summed E-state index contributed by atoms with van der Waals surface area (Å²) in [4.78, 5) is 0. The molecular weight excluding hydrogens is 232 g/mol. The minimum Gasteiger partial charge on any atom is -0.380 e. The zero-order valence-electron chi connectivity index (χ0n) is 5.36. The van der Waals surface area contributed by atoms with Crippen molar-refractivity contribution in [3.63, 3.8) is 0 Å². The smallest absolute Gasteiger partial charge is 0.357 e. The molecule has 1 aromatic carbocycles. The lowest BCUT2D eigenvalue weighted by Gasteiger charge is -1.98. The van der Waals surface area contributed by atoms with Gasteiger partial charge in [0.15, 0.2) is 0 Å². The quantitative estimate of drug-likeness (QED) is 0.800. The van der Waals surface area contributed by atoms with Crippen LogP contribution in [0.3, 0.4) is 0 Å². The summed E-state index contributed by atoms with van der Waals surface area (Å²) in [6.07, 6.45) is 0. The van der Waals surface area contributed by atoms with Gasteiger partial charge in [0.05, 0.1) is 0 Å². The van der Waals surface area contributed by atoms with Crippen LogP contribution >= 0.6 is 15.9 Å². The molecule has 1 atom stereocenters. The molecule has 1 aromatic rings. The van der Waals surface area contributed by atoms with E-state index in [-0.39, 0.29) is 0 Å². The molecule has 0 radical (unpaired) electrons. The van der Waals surface area contributed by atoms with Gasteiger partial charge in [0.2, 0.25) is 0 Å². The fourth-order valence-electron chi connectivity index (χ4n) is 0.601. The van der Waals surface area contributed by atoms with Gasteiger partial charge in [-0.3, -0.25) is 4.55 Å². The van der Waals surface area contributed by atoms with Crippen molar-refractivity contribution in [2.45, 2.75) is 0 Å². The lowest BCUT2D eigenvalue weighted by molar-refractivity contribution is 0.458. The summed E-state index contributed by atoms with van der Waals surface area (Å²) >= 11 is 0.946. The Morgan fingerprint density at radius 2 is 2.27 bits per heavy atom. The zero-order chi connectivity index (χ0) is 8.27. The average molecular weight is 237 g/mol. The van der Waals surface area contributed by atoms with Crippen molar-refractivity contribution in [1.29, 1.82) is 0 Å². The molecule has 60 valence electrons. The molecule has 0 aromatic heterocycles. The molecule has 1 N–H and O–H groups in total. The van der Waals surface area contributed by atoms with Crippen molar-refractivity contribution in [3.8, 4) is 5.75 Å². The highest BCUT2D eigenvalue weighted by Gasteiger charge is 1.97. The maximum Gasteiger partial charge on any atom is 0.357 e. The maximum atomic E-state index is 10.2. The third kappa shape index (κ3) is 3.00. The summed E-state index contributed by atoms with van der Waals surface area (Å²) in [6, 6.07) is 6.71. The fourth-order valence-corrected chi connectivity index (χ4v) is 1.25. The highest BCUT2D eigenvalue weighted by molar-refractivity contribution is 9.10. The van der Waals surface area contributed by atoms with Crippen LogP contribution < -0.4 is 4.18 Å². The first kappa shape index (κ1) is 8.70. The van der Waals surface area contributed by atoms with Crippen LogP contribution in [-0.2, 0) is 11.4 Å². The van der Waals surface area contributed by atoms with Crippen LogP contribution in [0.15, 0.2) is 28.7 Å². The van der Waals surface area contributed by atoms with E-state index < -0.39 is 11.4 Å². The first-order valence-corrected chi connectivity index (χ1v) is 4.56. The zero-order valence-corrected chi connectivity index (χ0v) is 7.76. The Morgan fingerprint density at radius 3 is 2.82 bits per heavy atom. The van der Waals surface area contributed by atoms with Crippen molar-refractivity contribution >= 4 is 27.3 Å². The van der Waals surface area contributed by atoms with Crippen LogP contribution in [0.5, 0.6) is 5.75 Å². The Labute approximate surface area is 75.0 Å². The van der Waals surface area contributed by atoms with E-state index in [1.165, 1.54) is 0 Å². The van der Waals surface area contributed by atoms with Crippen molar-refractivity contribution in [2.24, 2.45) is 0 Å². The topological polar surface area (TPSA) is 46.5 Å². The molecule has 0 aliphatic carbocycles. The Hall–Kier alpha value is -0.390. The highest BCUT2D eigenvalue weighted by Crippen LogP contribution is 2.17. The molecule has 5 heteroatoms. The molecule has 0 fully saturated rings. The Morgan fingerprint density at radius 1 is 1.55 bits per heavy atom. The lowest BCUT2D eigenvalue weighted by Crippen LogP contribution is -1.96.